The summed E-state index contributed by atoms with van der Waals surface area (Å²) in [6, 6.07) is 0. The predicted molar refractivity (Wildman–Crippen MR) is 78.2 cm³/mol. The molecule has 0 nitrogen and oxygen atoms in total. The van der Waals surface area contributed by atoms with Crippen molar-refractivity contribution >= 4 is 0 Å². The lowest BCUT2D eigenvalue weighted by atomic mass is 9.72. The molecule has 1 fully saturated rings. The smallest absolute Gasteiger partial charge is 0.0388 e. The molecule has 0 aromatic rings. The lowest BCUT2D eigenvalue weighted by Gasteiger charge is -2.34. The zero-order chi connectivity index (χ0) is 12.7. The minimum atomic E-state index is 0.913. The molecule has 0 aromatic heterocycles. The first kappa shape index (κ1) is 15.1. The Kier molecular flexibility index (Phi) is 7.23. The molecule has 102 valence electrons. The molecule has 1 aliphatic carbocycles. The van der Waals surface area contributed by atoms with Gasteiger partial charge in [0.1, 0.15) is 0 Å². The van der Waals surface area contributed by atoms with Crippen molar-refractivity contribution in [2.24, 2.45) is 23.7 Å². The second kappa shape index (κ2) is 8.16. The summed E-state index contributed by atoms with van der Waals surface area (Å²) in [6.45, 7) is 9.61. The van der Waals surface area contributed by atoms with Crippen LogP contribution in [0.1, 0.15) is 85.5 Å². The van der Waals surface area contributed by atoms with E-state index in [1.165, 1.54) is 57.8 Å². The van der Waals surface area contributed by atoms with Crippen LogP contribution in [-0.2, 0) is 0 Å². The van der Waals surface area contributed by atoms with Gasteiger partial charge in [-0.05, 0) is 49.4 Å². The molecule has 0 bridgehead atoms. The average molecular weight is 238 g/mol. The van der Waals surface area contributed by atoms with E-state index in [0.717, 1.165) is 23.7 Å². The molecule has 1 atom stereocenters. The maximum absolute atomic E-state index is 2.51. The Hall–Kier alpha value is 0. The topological polar surface area (TPSA) is 0 Å². The van der Waals surface area contributed by atoms with Gasteiger partial charge < -0.3 is 0 Å². The predicted octanol–water partition coefficient (Wildman–Crippen LogP) is 6.06. The van der Waals surface area contributed by atoms with Crippen LogP contribution < -0.4 is 0 Å². The third kappa shape index (κ3) is 5.44. The van der Waals surface area contributed by atoms with E-state index >= 15 is 0 Å². The molecule has 0 spiro atoms. The summed E-state index contributed by atoms with van der Waals surface area (Å²) >= 11 is 0. The Morgan fingerprint density at radius 1 is 0.824 bits per heavy atom. The van der Waals surface area contributed by atoms with Crippen molar-refractivity contribution in [1.82, 2.24) is 0 Å². The van der Waals surface area contributed by atoms with Crippen molar-refractivity contribution < 1.29 is 0 Å². The first-order chi connectivity index (χ1) is 8.15. The summed E-state index contributed by atoms with van der Waals surface area (Å²) in [6.07, 6.45) is 13.2. The fourth-order valence-electron chi connectivity index (χ4n) is 3.51. The monoisotopic (exact) mass is 238 g/mol. The Morgan fingerprint density at radius 2 is 1.41 bits per heavy atom. The molecule has 0 N–H and O–H groups in total. The molecule has 0 saturated heterocycles. The van der Waals surface area contributed by atoms with Gasteiger partial charge in [-0.1, -0.05) is 59.8 Å². The van der Waals surface area contributed by atoms with Crippen molar-refractivity contribution in [2.75, 3.05) is 0 Å². The van der Waals surface area contributed by atoms with Crippen LogP contribution in [0.25, 0.3) is 0 Å². The summed E-state index contributed by atoms with van der Waals surface area (Å²) in [5.74, 6) is 3.97. The standard InChI is InChI=1S/C17H34/c1-5-6-7-8-9-15(4)17-12-10-16(11-13-17)14(2)3/h14-17H,5-13H2,1-4H3. The van der Waals surface area contributed by atoms with Gasteiger partial charge in [-0.2, -0.15) is 0 Å². The van der Waals surface area contributed by atoms with E-state index in [9.17, 15) is 0 Å². The highest BCUT2D eigenvalue weighted by Crippen LogP contribution is 2.38. The minimum Gasteiger partial charge on any atom is -0.0654 e. The summed E-state index contributed by atoms with van der Waals surface area (Å²) in [7, 11) is 0. The van der Waals surface area contributed by atoms with E-state index in [1.54, 1.807) is 0 Å². The molecule has 1 unspecified atom stereocenters. The molecule has 0 heterocycles. The van der Waals surface area contributed by atoms with Crippen LogP contribution in [0.3, 0.4) is 0 Å². The quantitative estimate of drug-likeness (QED) is 0.473. The van der Waals surface area contributed by atoms with Crippen LogP contribution in [0.4, 0.5) is 0 Å². The van der Waals surface area contributed by atoms with Gasteiger partial charge in [0.2, 0.25) is 0 Å². The van der Waals surface area contributed by atoms with E-state index in [1.807, 2.05) is 0 Å². The minimum absolute atomic E-state index is 0.913. The van der Waals surface area contributed by atoms with E-state index < -0.39 is 0 Å². The highest BCUT2D eigenvalue weighted by molar-refractivity contribution is 4.77. The van der Waals surface area contributed by atoms with Crippen LogP contribution in [0.15, 0.2) is 0 Å². The van der Waals surface area contributed by atoms with Crippen LogP contribution in [0, 0.1) is 23.7 Å². The maximum atomic E-state index is 2.51. The zero-order valence-corrected chi connectivity index (χ0v) is 12.7. The number of hydrogen-bond donors (Lipinski definition) is 0. The summed E-state index contributed by atoms with van der Waals surface area (Å²) in [4.78, 5) is 0. The van der Waals surface area contributed by atoms with Crippen molar-refractivity contribution in [1.29, 1.82) is 0 Å². The van der Waals surface area contributed by atoms with Gasteiger partial charge in [0.05, 0.1) is 0 Å². The van der Waals surface area contributed by atoms with Crippen LogP contribution in [0.5, 0.6) is 0 Å². The molecule has 0 heteroatoms. The molecule has 17 heavy (non-hydrogen) atoms. The van der Waals surface area contributed by atoms with Crippen molar-refractivity contribution in [2.45, 2.75) is 85.5 Å². The Labute approximate surface area is 110 Å². The Bertz CT molecular complexity index is 174. The normalized spacial score (nSPS) is 27.4. The summed E-state index contributed by atoms with van der Waals surface area (Å²) in [5.41, 5.74) is 0. The zero-order valence-electron chi connectivity index (χ0n) is 12.7. The molecule has 0 amide bonds. The molecule has 0 aliphatic heterocycles. The Balaban J connectivity index is 2.14. The van der Waals surface area contributed by atoms with Crippen molar-refractivity contribution in [3.8, 4) is 0 Å². The lowest BCUT2D eigenvalue weighted by molar-refractivity contribution is 0.175. The molecular formula is C17H34. The second-order valence-corrected chi connectivity index (χ2v) is 6.75. The van der Waals surface area contributed by atoms with Gasteiger partial charge in [0.25, 0.3) is 0 Å². The number of rotatable bonds is 7. The van der Waals surface area contributed by atoms with E-state index in [-0.39, 0.29) is 0 Å². The van der Waals surface area contributed by atoms with Crippen LogP contribution >= 0.6 is 0 Å². The fraction of sp³-hybridized carbons (Fsp3) is 1.00. The molecule has 0 radical (unpaired) electrons. The van der Waals surface area contributed by atoms with Crippen LogP contribution in [0.2, 0.25) is 0 Å². The molecule has 1 aliphatic rings. The Morgan fingerprint density at radius 3 is 1.94 bits per heavy atom. The molecular weight excluding hydrogens is 204 g/mol. The highest BCUT2D eigenvalue weighted by Gasteiger charge is 2.26. The van der Waals surface area contributed by atoms with E-state index in [2.05, 4.69) is 27.7 Å². The first-order valence-electron chi connectivity index (χ1n) is 8.15. The number of unbranched alkanes of at least 4 members (excludes halogenated alkanes) is 3. The highest BCUT2D eigenvalue weighted by atomic mass is 14.3. The fourth-order valence-corrected chi connectivity index (χ4v) is 3.51. The van der Waals surface area contributed by atoms with E-state index in [4.69, 9.17) is 0 Å². The second-order valence-electron chi connectivity index (χ2n) is 6.75. The maximum Gasteiger partial charge on any atom is -0.0388 e. The SMILES string of the molecule is CCCCCCC(C)C1CCC(C(C)C)CC1. The molecule has 0 aromatic carbocycles. The summed E-state index contributed by atoms with van der Waals surface area (Å²) in [5, 5.41) is 0. The van der Waals surface area contributed by atoms with Crippen molar-refractivity contribution in [3.63, 3.8) is 0 Å². The van der Waals surface area contributed by atoms with Gasteiger partial charge >= 0.3 is 0 Å². The molecule has 1 rings (SSSR count). The van der Waals surface area contributed by atoms with Gasteiger partial charge in [-0.15, -0.1) is 0 Å². The number of hydrogen-bond acceptors (Lipinski definition) is 0. The average Bonchev–Trinajstić information content (AvgIpc) is 2.34. The largest absolute Gasteiger partial charge is 0.0654 e. The lowest BCUT2D eigenvalue weighted by Crippen LogP contribution is -2.22. The van der Waals surface area contributed by atoms with Gasteiger partial charge in [0.15, 0.2) is 0 Å². The first-order valence-corrected chi connectivity index (χ1v) is 8.15. The third-order valence-electron chi connectivity index (χ3n) is 5.08. The van der Waals surface area contributed by atoms with Crippen LogP contribution in [-0.4, -0.2) is 0 Å². The van der Waals surface area contributed by atoms with Gasteiger partial charge in [-0.25, -0.2) is 0 Å². The van der Waals surface area contributed by atoms with Gasteiger partial charge in [-0.3, -0.25) is 0 Å². The molecule has 1 saturated carbocycles. The van der Waals surface area contributed by atoms with Crippen molar-refractivity contribution in [3.05, 3.63) is 0 Å². The third-order valence-corrected chi connectivity index (χ3v) is 5.08. The van der Waals surface area contributed by atoms with E-state index in [0.29, 0.717) is 0 Å². The van der Waals surface area contributed by atoms with Gasteiger partial charge in [0, 0.05) is 0 Å². The summed E-state index contributed by atoms with van der Waals surface area (Å²) < 4.78 is 0.